The maximum absolute atomic E-state index is 12.1. The van der Waals surface area contributed by atoms with Gasteiger partial charge in [0, 0.05) is 64.3 Å². The lowest BCUT2D eigenvalue weighted by Crippen LogP contribution is -2.35. The van der Waals surface area contributed by atoms with Crippen LogP contribution in [0.25, 0.3) is 22.2 Å². The number of ether oxygens (including phenoxy) is 1. The Balaban J connectivity index is 1.35. The van der Waals surface area contributed by atoms with Crippen molar-refractivity contribution in [3.63, 3.8) is 0 Å². The molecular formula is C26H30IN3O2S. The standard InChI is InChI=1S/C26H30IN3O2S/c1-2-30-23-17-21(32-14-11-29-12-15-33-16-13-29)9-10-22(23)24(27)25(30)18-5-7-20(8-6-18)28-26(31)19-3-4-19/h5-10,17,19H,2-4,11-16H2,1H3,(H,28,31). The number of aromatic nitrogens is 1. The largest absolute Gasteiger partial charge is 0.492 e. The summed E-state index contributed by atoms with van der Waals surface area (Å²) in [7, 11) is 0. The van der Waals surface area contributed by atoms with Crippen molar-refractivity contribution in [1.29, 1.82) is 0 Å². The Morgan fingerprint density at radius 1 is 1.15 bits per heavy atom. The topological polar surface area (TPSA) is 46.5 Å². The second kappa shape index (κ2) is 10.3. The summed E-state index contributed by atoms with van der Waals surface area (Å²) in [5, 5.41) is 4.28. The van der Waals surface area contributed by atoms with Crippen molar-refractivity contribution in [3.05, 3.63) is 46.0 Å². The van der Waals surface area contributed by atoms with Crippen LogP contribution in [0.4, 0.5) is 5.69 Å². The molecule has 2 heterocycles. The molecule has 1 amide bonds. The SMILES string of the molecule is CCn1c(-c2ccc(NC(=O)C3CC3)cc2)c(I)c2ccc(OCCN3CCSCC3)cc21. The first-order valence-electron chi connectivity index (χ1n) is 11.8. The van der Waals surface area contributed by atoms with Gasteiger partial charge in [0.25, 0.3) is 0 Å². The first kappa shape index (κ1) is 23.1. The number of benzene rings is 2. The lowest BCUT2D eigenvalue weighted by Gasteiger charge is -2.25. The number of thioether (sulfide) groups is 1. The smallest absolute Gasteiger partial charge is 0.227 e. The van der Waals surface area contributed by atoms with Gasteiger partial charge in [-0.15, -0.1) is 0 Å². The lowest BCUT2D eigenvalue weighted by molar-refractivity contribution is -0.117. The van der Waals surface area contributed by atoms with Crippen LogP contribution in [0.3, 0.4) is 0 Å². The summed E-state index contributed by atoms with van der Waals surface area (Å²) in [4.78, 5) is 14.6. The van der Waals surface area contributed by atoms with Gasteiger partial charge in [0.15, 0.2) is 0 Å². The third-order valence-corrected chi connectivity index (χ3v) is 8.48. The molecular weight excluding hydrogens is 545 g/mol. The summed E-state index contributed by atoms with van der Waals surface area (Å²) >= 11 is 4.50. The minimum absolute atomic E-state index is 0.145. The number of hydrogen-bond acceptors (Lipinski definition) is 4. The molecule has 1 aromatic heterocycles. The molecule has 0 bridgehead atoms. The van der Waals surface area contributed by atoms with E-state index in [1.807, 2.05) is 23.9 Å². The maximum Gasteiger partial charge on any atom is 0.227 e. The van der Waals surface area contributed by atoms with Crippen LogP contribution in [-0.2, 0) is 11.3 Å². The van der Waals surface area contributed by atoms with Gasteiger partial charge in [-0.1, -0.05) is 12.1 Å². The van der Waals surface area contributed by atoms with Crippen LogP contribution in [0, 0.1) is 9.49 Å². The van der Waals surface area contributed by atoms with Crippen molar-refractivity contribution >= 4 is 56.9 Å². The van der Waals surface area contributed by atoms with Crippen molar-refractivity contribution in [1.82, 2.24) is 9.47 Å². The van der Waals surface area contributed by atoms with Gasteiger partial charge in [0.2, 0.25) is 5.91 Å². The summed E-state index contributed by atoms with van der Waals surface area (Å²) in [5.41, 5.74) is 4.45. The highest BCUT2D eigenvalue weighted by molar-refractivity contribution is 14.1. The molecule has 0 unspecified atom stereocenters. The Kier molecular flexibility index (Phi) is 7.18. The molecule has 2 aliphatic rings. The predicted molar refractivity (Wildman–Crippen MR) is 146 cm³/mol. The number of halogens is 1. The Morgan fingerprint density at radius 3 is 2.61 bits per heavy atom. The van der Waals surface area contributed by atoms with E-state index < -0.39 is 0 Å². The molecule has 0 radical (unpaired) electrons. The van der Waals surface area contributed by atoms with E-state index in [1.165, 1.54) is 31.7 Å². The molecule has 33 heavy (non-hydrogen) atoms. The molecule has 1 saturated heterocycles. The predicted octanol–water partition coefficient (Wildman–Crippen LogP) is 5.71. The number of carbonyl (C=O) groups is 1. The van der Waals surface area contributed by atoms with Gasteiger partial charge < -0.3 is 14.6 Å². The molecule has 0 spiro atoms. The van der Waals surface area contributed by atoms with Gasteiger partial charge in [-0.3, -0.25) is 9.69 Å². The van der Waals surface area contributed by atoms with Gasteiger partial charge in [-0.25, -0.2) is 0 Å². The molecule has 2 fully saturated rings. The average molecular weight is 576 g/mol. The number of fused-ring (bicyclic) bond motifs is 1. The van der Waals surface area contributed by atoms with Crippen molar-refractivity contribution in [2.75, 3.05) is 43.1 Å². The Labute approximate surface area is 213 Å². The van der Waals surface area contributed by atoms with Gasteiger partial charge in [0.1, 0.15) is 12.4 Å². The zero-order valence-electron chi connectivity index (χ0n) is 19.0. The fourth-order valence-electron chi connectivity index (χ4n) is 4.41. The third-order valence-electron chi connectivity index (χ3n) is 6.44. The monoisotopic (exact) mass is 575 g/mol. The summed E-state index contributed by atoms with van der Waals surface area (Å²) in [5.74, 6) is 3.74. The van der Waals surface area contributed by atoms with Crippen molar-refractivity contribution in [2.45, 2.75) is 26.3 Å². The van der Waals surface area contributed by atoms with Crippen molar-refractivity contribution in [2.24, 2.45) is 5.92 Å². The number of carbonyl (C=O) groups excluding carboxylic acids is 1. The highest BCUT2D eigenvalue weighted by Crippen LogP contribution is 2.37. The van der Waals surface area contributed by atoms with Crippen molar-refractivity contribution in [3.8, 4) is 17.0 Å². The molecule has 3 aromatic rings. The Hall–Kier alpha value is -1.71. The molecule has 2 aromatic carbocycles. The van der Waals surface area contributed by atoms with E-state index in [4.69, 9.17) is 4.74 Å². The summed E-state index contributed by atoms with van der Waals surface area (Å²) in [6, 6.07) is 14.7. The summed E-state index contributed by atoms with van der Waals surface area (Å²) < 4.78 is 9.76. The minimum Gasteiger partial charge on any atom is -0.492 e. The zero-order valence-corrected chi connectivity index (χ0v) is 22.0. The summed E-state index contributed by atoms with van der Waals surface area (Å²) in [6.45, 7) is 7.10. The number of nitrogens with one attached hydrogen (secondary N) is 1. The number of amides is 1. The molecule has 1 N–H and O–H groups in total. The second-order valence-electron chi connectivity index (χ2n) is 8.73. The van der Waals surface area contributed by atoms with E-state index in [1.54, 1.807) is 0 Å². The second-order valence-corrected chi connectivity index (χ2v) is 11.0. The van der Waals surface area contributed by atoms with E-state index >= 15 is 0 Å². The Bertz CT molecular complexity index is 1130. The van der Waals surface area contributed by atoms with E-state index in [9.17, 15) is 4.79 Å². The number of aryl methyl sites for hydroxylation is 1. The average Bonchev–Trinajstić information content (AvgIpc) is 3.65. The van der Waals surface area contributed by atoms with E-state index in [-0.39, 0.29) is 11.8 Å². The van der Waals surface area contributed by atoms with Crippen LogP contribution in [0.1, 0.15) is 19.8 Å². The fraction of sp³-hybridized carbons (Fsp3) is 0.423. The van der Waals surface area contributed by atoms with Crippen LogP contribution in [0.2, 0.25) is 0 Å². The molecule has 1 aliphatic heterocycles. The van der Waals surface area contributed by atoms with Gasteiger partial charge in [-0.2, -0.15) is 11.8 Å². The summed E-state index contributed by atoms with van der Waals surface area (Å²) in [6.07, 6.45) is 2.03. The number of nitrogens with zero attached hydrogens (tertiary/aromatic N) is 2. The number of anilines is 1. The highest BCUT2D eigenvalue weighted by atomic mass is 127. The number of rotatable bonds is 8. The normalized spacial score (nSPS) is 16.8. The van der Waals surface area contributed by atoms with Crippen LogP contribution in [-0.4, -0.2) is 53.1 Å². The fourth-order valence-corrected chi connectivity index (χ4v) is 6.44. The van der Waals surface area contributed by atoms with E-state index in [0.717, 1.165) is 62.6 Å². The maximum atomic E-state index is 12.1. The van der Waals surface area contributed by atoms with Crippen molar-refractivity contribution < 1.29 is 9.53 Å². The molecule has 1 aliphatic carbocycles. The van der Waals surface area contributed by atoms with Gasteiger partial charge >= 0.3 is 0 Å². The van der Waals surface area contributed by atoms with Gasteiger partial charge in [0.05, 0.1) is 11.2 Å². The lowest BCUT2D eigenvalue weighted by atomic mass is 10.1. The molecule has 7 heteroatoms. The quantitative estimate of drug-likeness (QED) is 0.350. The highest BCUT2D eigenvalue weighted by Gasteiger charge is 2.29. The Morgan fingerprint density at radius 2 is 1.91 bits per heavy atom. The van der Waals surface area contributed by atoms with Gasteiger partial charge in [-0.05, 0) is 72.2 Å². The van der Waals surface area contributed by atoms with Crippen LogP contribution < -0.4 is 10.1 Å². The van der Waals surface area contributed by atoms with E-state index in [2.05, 4.69) is 74.6 Å². The van der Waals surface area contributed by atoms with E-state index in [0.29, 0.717) is 0 Å². The molecule has 1 saturated carbocycles. The molecule has 174 valence electrons. The van der Waals surface area contributed by atoms with Crippen LogP contribution in [0.5, 0.6) is 5.75 Å². The molecule has 0 atom stereocenters. The molecule has 5 rings (SSSR count). The molecule has 5 nitrogen and oxygen atoms in total. The number of hydrogen-bond donors (Lipinski definition) is 1. The van der Waals surface area contributed by atoms with Crippen LogP contribution in [0.15, 0.2) is 42.5 Å². The first-order chi connectivity index (χ1) is 16.1. The third kappa shape index (κ3) is 5.20. The zero-order chi connectivity index (χ0) is 22.8. The first-order valence-corrected chi connectivity index (χ1v) is 14.0. The minimum atomic E-state index is 0.145. The van der Waals surface area contributed by atoms with Crippen LogP contribution >= 0.6 is 34.4 Å².